The van der Waals surface area contributed by atoms with Crippen LogP contribution in [0.3, 0.4) is 0 Å². The average molecular weight is 305 g/mol. The Hall–Kier alpha value is -1.55. The molecule has 1 heterocycles. The van der Waals surface area contributed by atoms with Gasteiger partial charge in [-0.3, -0.25) is 4.79 Å². The van der Waals surface area contributed by atoms with Crippen molar-refractivity contribution in [1.82, 2.24) is 4.90 Å². The molecule has 0 atom stereocenters. The molecule has 0 saturated heterocycles. The van der Waals surface area contributed by atoms with E-state index in [1.807, 2.05) is 24.8 Å². The molecule has 1 aliphatic rings. The first-order chi connectivity index (χ1) is 10.5. The van der Waals surface area contributed by atoms with E-state index < -0.39 is 0 Å². The Bertz CT molecular complexity index is 537. The molecule has 0 saturated carbocycles. The lowest BCUT2D eigenvalue weighted by Crippen LogP contribution is -2.42. The van der Waals surface area contributed by atoms with Crippen molar-refractivity contribution in [1.29, 1.82) is 0 Å². The molecule has 1 amide bonds. The molecule has 0 spiro atoms. The summed E-state index contributed by atoms with van der Waals surface area (Å²) < 4.78 is 5.82. The average Bonchev–Trinajstić information content (AvgIpc) is 2.47. The number of nitrogens with zero attached hydrogens (tertiary/aromatic N) is 1. The van der Waals surface area contributed by atoms with Crippen LogP contribution >= 0.6 is 0 Å². The van der Waals surface area contributed by atoms with E-state index in [1.165, 1.54) is 0 Å². The predicted octanol–water partition coefficient (Wildman–Crippen LogP) is 2.98. The first-order valence-electron chi connectivity index (χ1n) is 8.17. The van der Waals surface area contributed by atoms with Gasteiger partial charge in [-0.2, -0.15) is 0 Å². The van der Waals surface area contributed by atoms with Crippen LogP contribution in [0.5, 0.6) is 5.75 Å². The van der Waals surface area contributed by atoms with Gasteiger partial charge >= 0.3 is 0 Å². The smallest absolute Gasteiger partial charge is 0.254 e. The zero-order valence-corrected chi connectivity index (χ0v) is 14.1. The zero-order valence-electron chi connectivity index (χ0n) is 14.1. The quantitative estimate of drug-likeness (QED) is 0.822. The summed E-state index contributed by atoms with van der Waals surface area (Å²) in [5.41, 5.74) is 3.03. The summed E-state index contributed by atoms with van der Waals surface area (Å²) in [6.07, 6.45) is 1.50. The Balaban J connectivity index is 2.36. The number of hydrogen-bond donors (Lipinski definition) is 1. The highest BCUT2D eigenvalue weighted by Crippen LogP contribution is 2.33. The highest BCUT2D eigenvalue weighted by Gasteiger charge is 2.28. The molecular formula is C18H27NO3. The van der Waals surface area contributed by atoms with Gasteiger partial charge in [0.15, 0.2) is 0 Å². The van der Waals surface area contributed by atoms with Crippen LogP contribution in [0.4, 0.5) is 0 Å². The standard InChI is InChI=1S/C18H27NO3/c1-12(2)15-10-14-6-7-19(13(3)4)18(21)16(14)11-17(15)22-9-5-8-20/h10-13,20H,5-9H2,1-4H3. The molecule has 4 heteroatoms. The van der Waals surface area contributed by atoms with Gasteiger partial charge < -0.3 is 14.7 Å². The van der Waals surface area contributed by atoms with E-state index in [2.05, 4.69) is 19.9 Å². The SMILES string of the molecule is CC(C)c1cc2c(cc1OCCCO)C(=O)N(C(C)C)CC2. The minimum Gasteiger partial charge on any atom is -0.493 e. The van der Waals surface area contributed by atoms with E-state index in [9.17, 15) is 4.79 Å². The highest BCUT2D eigenvalue weighted by atomic mass is 16.5. The molecule has 0 fully saturated rings. The number of amides is 1. The summed E-state index contributed by atoms with van der Waals surface area (Å²) in [7, 11) is 0. The number of aliphatic hydroxyl groups is 1. The highest BCUT2D eigenvalue weighted by molar-refractivity contribution is 5.97. The maximum atomic E-state index is 12.7. The van der Waals surface area contributed by atoms with E-state index in [1.54, 1.807) is 0 Å². The van der Waals surface area contributed by atoms with Crippen molar-refractivity contribution in [3.05, 3.63) is 28.8 Å². The van der Waals surface area contributed by atoms with E-state index in [-0.39, 0.29) is 18.6 Å². The molecule has 4 nitrogen and oxygen atoms in total. The summed E-state index contributed by atoms with van der Waals surface area (Å²) in [5.74, 6) is 1.22. The molecule has 2 rings (SSSR count). The van der Waals surface area contributed by atoms with Crippen molar-refractivity contribution in [3.8, 4) is 5.75 Å². The lowest BCUT2D eigenvalue weighted by atomic mass is 9.91. The molecule has 22 heavy (non-hydrogen) atoms. The fraction of sp³-hybridized carbons (Fsp3) is 0.611. The number of benzene rings is 1. The zero-order chi connectivity index (χ0) is 16.3. The second-order valence-corrected chi connectivity index (χ2v) is 6.47. The Morgan fingerprint density at radius 1 is 1.27 bits per heavy atom. The van der Waals surface area contributed by atoms with Crippen molar-refractivity contribution in [2.24, 2.45) is 0 Å². The molecule has 1 aromatic rings. The van der Waals surface area contributed by atoms with Crippen LogP contribution in [0.1, 0.15) is 61.5 Å². The van der Waals surface area contributed by atoms with Gasteiger partial charge in [-0.15, -0.1) is 0 Å². The number of hydrogen-bond acceptors (Lipinski definition) is 3. The second kappa shape index (κ2) is 7.14. The first-order valence-corrected chi connectivity index (χ1v) is 8.17. The summed E-state index contributed by atoms with van der Waals surface area (Å²) in [5, 5.41) is 8.91. The number of aliphatic hydroxyl groups excluding tert-OH is 1. The van der Waals surface area contributed by atoms with Crippen molar-refractivity contribution in [2.75, 3.05) is 19.8 Å². The van der Waals surface area contributed by atoms with Crippen LogP contribution < -0.4 is 4.74 Å². The van der Waals surface area contributed by atoms with Gasteiger partial charge in [-0.05, 0) is 43.4 Å². The lowest BCUT2D eigenvalue weighted by molar-refractivity contribution is 0.0687. The molecule has 122 valence electrons. The molecule has 1 N–H and O–H groups in total. The lowest BCUT2D eigenvalue weighted by Gasteiger charge is -2.32. The Labute approximate surface area is 133 Å². The number of rotatable bonds is 6. The Kier molecular flexibility index (Phi) is 5.46. The molecule has 0 aromatic heterocycles. The predicted molar refractivity (Wildman–Crippen MR) is 87.6 cm³/mol. The monoisotopic (exact) mass is 305 g/mol. The number of ether oxygens (including phenoxy) is 1. The molecule has 1 aliphatic heterocycles. The minimum absolute atomic E-state index is 0.0959. The van der Waals surface area contributed by atoms with E-state index in [0.29, 0.717) is 18.9 Å². The molecule has 0 radical (unpaired) electrons. The Morgan fingerprint density at radius 3 is 2.59 bits per heavy atom. The topological polar surface area (TPSA) is 49.8 Å². The van der Waals surface area contributed by atoms with Gasteiger partial charge in [0, 0.05) is 31.2 Å². The molecule has 0 unspecified atom stereocenters. The maximum Gasteiger partial charge on any atom is 0.254 e. The van der Waals surface area contributed by atoms with Crippen LogP contribution in [-0.4, -0.2) is 41.7 Å². The van der Waals surface area contributed by atoms with Crippen LogP contribution in [0, 0.1) is 0 Å². The minimum atomic E-state index is 0.0959. The Morgan fingerprint density at radius 2 is 2.00 bits per heavy atom. The van der Waals surface area contributed by atoms with Crippen LogP contribution in [0.25, 0.3) is 0 Å². The van der Waals surface area contributed by atoms with Gasteiger partial charge in [0.05, 0.1) is 6.61 Å². The third kappa shape index (κ3) is 3.43. The second-order valence-electron chi connectivity index (χ2n) is 6.47. The summed E-state index contributed by atoms with van der Waals surface area (Å²) in [4.78, 5) is 14.6. The van der Waals surface area contributed by atoms with E-state index in [0.717, 1.165) is 35.4 Å². The molecule has 0 aliphatic carbocycles. The van der Waals surface area contributed by atoms with Crippen molar-refractivity contribution in [2.45, 2.75) is 52.5 Å². The van der Waals surface area contributed by atoms with Gasteiger partial charge in [-0.1, -0.05) is 19.9 Å². The van der Waals surface area contributed by atoms with Gasteiger partial charge in [0.2, 0.25) is 0 Å². The molecular weight excluding hydrogens is 278 g/mol. The van der Waals surface area contributed by atoms with Crippen LogP contribution in [-0.2, 0) is 6.42 Å². The molecule has 1 aromatic carbocycles. The normalized spacial score (nSPS) is 14.7. The summed E-state index contributed by atoms with van der Waals surface area (Å²) >= 11 is 0. The third-order valence-corrected chi connectivity index (χ3v) is 4.15. The first kappa shape index (κ1) is 16.8. The maximum absolute atomic E-state index is 12.7. The number of fused-ring (bicyclic) bond motifs is 1. The fourth-order valence-electron chi connectivity index (χ4n) is 2.86. The summed E-state index contributed by atoms with van der Waals surface area (Å²) in [6.45, 7) is 9.72. The van der Waals surface area contributed by atoms with E-state index >= 15 is 0 Å². The van der Waals surface area contributed by atoms with Crippen molar-refractivity contribution >= 4 is 5.91 Å². The van der Waals surface area contributed by atoms with Crippen molar-refractivity contribution < 1.29 is 14.6 Å². The molecule has 0 bridgehead atoms. The van der Waals surface area contributed by atoms with Crippen LogP contribution in [0.15, 0.2) is 12.1 Å². The van der Waals surface area contributed by atoms with Gasteiger partial charge in [0.1, 0.15) is 5.75 Å². The van der Waals surface area contributed by atoms with E-state index in [4.69, 9.17) is 9.84 Å². The van der Waals surface area contributed by atoms with Crippen LogP contribution in [0.2, 0.25) is 0 Å². The number of carbonyl (C=O) groups excluding carboxylic acids is 1. The fourth-order valence-corrected chi connectivity index (χ4v) is 2.86. The summed E-state index contributed by atoms with van der Waals surface area (Å²) in [6, 6.07) is 4.24. The van der Waals surface area contributed by atoms with Gasteiger partial charge in [0.25, 0.3) is 5.91 Å². The van der Waals surface area contributed by atoms with Gasteiger partial charge in [-0.25, -0.2) is 0 Å². The largest absolute Gasteiger partial charge is 0.493 e. The number of carbonyl (C=O) groups is 1. The third-order valence-electron chi connectivity index (χ3n) is 4.15. The van der Waals surface area contributed by atoms with Crippen molar-refractivity contribution in [3.63, 3.8) is 0 Å².